The van der Waals surface area contributed by atoms with Crippen LogP contribution in [0.1, 0.15) is 30.3 Å². The Labute approximate surface area is 124 Å². The Hall–Kier alpha value is -2.18. The number of hydrogen-bond acceptors (Lipinski definition) is 6. The number of hydrogen-bond donors (Lipinski definition) is 3. The highest BCUT2D eigenvalue weighted by Gasteiger charge is 2.13. The summed E-state index contributed by atoms with van der Waals surface area (Å²) < 4.78 is 5.85. The molecule has 0 aliphatic rings. The SMILES string of the molecule is CCCc1nc(NN)c(C)c(Oc2ccccc2CO)n1. The highest BCUT2D eigenvalue weighted by atomic mass is 16.5. The number of aliphatic hydroxyl groups excluding tert-OH is 1. The van der Waals surface area contributed by atoms with E-state index in [4.69, 9.17) is 10.6 Å². The summed E-state index contributed by atoms with van der Waals surface area (Å²) in [4.78, 5) is 8.78. The molecule has 0 spiro atoms. The van der Waals surface area contributed by atoms with Crippen molar-refractivity contribution in [3.63, 3.8) is 0 Å². The van der Waals surface area contributed by atoms with Crippen LogP contribution in [0.5, 0.6) is 11.6 Å². The second kappa shape index (κ2) is 7.01. The average Bonchev–Trinajstić information content (AvgIpc) is 2.51. The van der Waals surface area contributed by atoms with Gasteiger partial charge in [-0.25, -0.2) is 10.8 Å². The van der Waals surface area contributed by atoms with E-state index >= 15 is 0 Å². The highest BCUT2D eigenvalue weighted by Crippen LogP contribution is 2.29. The van der Waals surface area contributed by atoms with Crippen molar-refractivity contribution < 1.29 is 9.84 Å². The van der Waals surface area contributed by atoms with Crippen molar-refractivity contribution in [1.82, 2.24) is 9.97 Å². The first-order valence-corrected chi connectivity index (χ1v) is 6.90. The van der Waals surface area contributed by atoms with Gasteiger partial charge in [-0.05, 0) is 19.4 Å². The Morgan fingerprint density at radius 1 is 1.29 bits per heavy atom. The first-order chi connectivity index (χ1) is 10.2. The molecule has 0 unspecified atom stereocenters. The first kappa shape index (κ1) is 15.2. The molecule has 1 heterocycles. The number of aromatic nitrogens is 2. The highest BCUT2D eigenvalue weighted by molar-refractivity contribution is 5.49. The number of para-hydroxylation sites is 1. The van der Waals surface area contributed by atoms with Gasteiger partial charge in [-0.15, -0.1) is 0 Å². The van der Waals surface area contributed by atoms with Crippen molar-refractivity contribution in [2.24, 2.45) is 5.84 Å². The molecule has 0 saturated carbocycles. The standard InChI is InChI=1S/C15H20N4O2/c1-3-6-13-17-14(19-16)10(2)15(18-13)21-12-8-5-4-7-11(12)9-20/h4-5,7-8,20H,3,6,9,16H2,1-2H3,(H,17,18,19). The van der Waals surface area contributed by atoms with Gasteiger partial charge in [0.25, 0.3) is 0 Å². The van der Waals surface area contributed by atoms with Crippen LogP contribution in [-0.2, 0) is 13.0 Å². The molecular formula is C15H20N4O2. The number of aliphatic hydroxyl groups is 1. The minimum atomic E-state index is -0.0931. The molecule has 6 nitrogen and oxygen atoms in total. The number of rotatable bonds is 6. The molecule has 4 N–H and O–H groups in total. The maximum atomic E-state index is 9.36. The second-order valence-corrected chi connectivity index (χ2v) is 4.68. The molecule has 0 aliphatic heterocycles. The molecule has 0 saturated heterocycles. The normalized spacial score (nSPS) is 10.5. The Morgan fingerprint density at radius 3 is 2.71 bits per heavy atom. The van der Waals surface area contributed by atoms with Crippen LogP contribution in [0.25, 0.3) is 0 Å². The minimum absolute atomic E-state index is 0.0931. The van der Waals surface area contributed by atoms with Gasteiger partial charge in [0.1, 0.15) is 17.4 Å². The van der Waals surface area contributed by atoms with Gasteiger partial charge < -0.3 is 15.3 Å². The zero-order chi connectivity index (χ0) is 15.2. The van der Waals surface area contributed by atoms with Gasteiger partial charge in [0, 0.05) is 12.0 Å². The molecule has 1 aromatic heterocycles. The summed E-state index contributed by atoms with van der Waals surface area (Å²) in [5, 5.41) is 9.36. The van der Waals surface area contributed by atoms with Crippen LogP contribution in [0.4, 0.5) is 5.82 Å². The number of nitrogens with one attached hydrogen (secondary N) is 1. The molecular weight excluding hydrogens is 268 g/mol. The van der Waals surface area contributed by atoms with E-state index in [-0.39, 0.29) is 6.61 Å². The third-order valence-corrected chi connectivity index (χ3v) is 3.11. The lowest BCUT2D eigenvalue weighted by Crippen LogP contribution is -2.13. The zero-order valence-electron chi connectivity index (χ0n) is 12.3. The molecule has 112 valence electrons. The number of hydrazine groups is 1. The maximum Gasteiger partial charge on any atom is 0.227 e. The molecule has 1 aromatic carbocycles. The van der Waals surface area contributed by atoms with Crippen molar-refractivity contribution in [2.75, 3.05) is 5.43 Å². The summed E-state index contributed by atoms with van der Waals surface area (Å²) in [5.74, 6) is 7.74. The van der Waals surface area contributed by atoms with E-state index in [1.54, 1.807) is 12.1 Å². The molecule has 2 rings (SSSR count). The van der Waals surface area contributed by atoms with E-state index in [1.165, 1.54) is 0 Å². The van der Waals surface area contributed by atoms with Crippen LogP contribution < -0.4 is 16.0 Å². The van der Waals surface area contributed by atoms with Gasteiger partial charge in [-0.3, -0.25) is 0 Å². The van der Waals surface area contributed by atoms with E-state index < -0.39 is 0 Å². The lowest BCUT2D eigenvalue weighted by molar-refractivity contribution is 0.276. The molecule has 6 heteroatoms. The number of ether oxygens (including phenoxy) is 1. The molecule has 0 radical (unpaired) electrons. The monoisotopic (exact) mass is 288 g/mol. The predicted octanol–water partition coefficient (Wildman–Crippen LogP) is 2.31. The quantitative estimate of drug-likeness (QED) is 0.558. The van der Waals surface area contributed by atoms with Crippen molar-refractivity contribution in [2.45, 2.75) is 33.3 Å². The molecule has 0 amide bonds. The number of nitrogens with two attached hydrogens (primary N) is 1. The summed E-state index contributed by atoms with van der Waals surface area (Å²) >= 11 is 0. The number of nitrogens with zero attached hydrogens (tertiary/aromatic N) is 2. The minimum Gasteiger partial charge on any atom is -0.438 e. The summed E-state index contributed by atoms with van der Waals surface area (Å²) in [6.45, 7) is 3.80. The third-order valence-electron chi connectivity index (χ3n) is 3.11. The van der Waals surface area contributed by atoms with Gasteiger partial charge in [0.2, 0.25) is 5.88 Å². The summed E-state index contributed by atoms with van der Waals surface area (Å²) in [6, 6.07) is 7.30. The predicted molar refractivity (Wildman–Crippen MR) is 81.0 cm³/mol. The smallest absolute Gasteiger partial charge is 0.227 e. The average molecular weight is 288 g/mol. The van der Waals surface area contributed by atoms with Crippen molar-refractivity contribution in [3.8, 4) is 11.6 Å². The molecule has 21 heavy (non-hydrogen) atoms. The van der Waals surface area contributed by atoms with Crippen LogP contribution in [0.3, 0.4) is 0 Å². The van der Waals surface area contributed by atoms with Crippen LogP contribution >= 0.6 is 0 Å². The van der Waals surface area contributed by atoms with Gasteiger partial charge in [-0.1, -0.05) is 25.1 Å². The summed E-state index contributed by atoms with van der Waals surface area (Å²) in [6.07, 6.45) is 1.67. The molecule has 0 aliphatic carbocycles. The Bertz CT molecular complexity index is 617. The van der Waals surface area contributed by atoms with Crippen molar-refractivity contribution in [3.05, 3.63) is 41.2 Å². The fourth-order valence-electron chi connectivity index (χ4n) is 1.95. The van der Waals surface area contributed by atoms with Crippen LogP contribution in [0, 0.1) is 6.92 Å². The zero-order valence-corrected chi connectivity index (χ0v) is 12.3. The fraction of sp³-hybridized carbons (Fsp3) is 0.333. The van der Waals surface area contributed by atoms with Crippen molar-refractivity contribution in [1.29, 1.82) is 0 Å². The lowest BCUT2D eigenvalue weighted by Gasteiger charge is -2.14. The largest absolute Gasteiger partial charge is 0.438 e. The summed E-state index contributed by atoms with van der Waals surface area (Å²) in [5.41, 5.74) is 4.00. The third kappa shape index (κ3) is 3.48. The summed E-state index contributed by atoms with van der Waals surface area (Å²) in [7, 11) is 0. The fourth-order valence-corrected chi connectivity index (χ4v) is 1.95. The molecule has 2 aromatic rings. The lowest BCUT2D eigenvalue weighted by atomic mass is 10.2. The van der Waals surface area contributed by atoms with Gasteiger partial charge >= 0.3 is 0 Å². The number of aryl methyl sites for hydroxylation is 1. The molecule has 0 bridgehead atoms. The van der Waals surface area contributed by atoms with E-state index in [0.29, 0.717) is 28.8 Å². The Balaban J connectivity index is 2.40. The second-order valence-electron chi connectivity index (χ2n) is 4.68. The topological polar surface area (TPSA) is 93.3 Å². The molecule has 0 fully saturated rings. The van der Waals surface area contributed by atoms with Gasteiger partial charge in [0.05, 0.1) is 12.2 Å². The molecule has 0 atom stereocenters. The van der Waals surface area contributed by atoms with E-state index in [2.05, 4.69) is 22.3 Å². The number of anilines is 1. The Kier molecular flexibility index (Phi) is 5.08. The number of benzene rings is 1. The maximum absolute atomic E-state index is 9.36. The van der Waals surface area contributed by atoms with E-state index in [0.717, 1.165) is 18.4 Å². The van der Waals surface area contributed by atoms with Crippen LogP contribution in [0.15, 0.2) is 24.3 Å². The van der Waals surface area contributed by atoms with Crippen LogP contribution in [-0.4, -0.2) is 15.1 Å². The van der Waals surface area contributed by atoms with E-state index in [9.17, 15) is 5.11 Å². The van der Waals surface area contributed by atoms with Crippen molar-refractivity contribution >= 4 is 5.82 Å². The van der Waals surface area contributed by atoms with Gasteiger partial charge in [-0.2, -0.15) is 4.98 Å². The van der Waals surface area contributed by atoms with Crippen LogP contribution in [0.2, 0.25) is 0 Å². The van der Waals surface area contributed by atoms with E-state index in [1.807, 2.05) is 19.1 Å². The van der Waals surface area contributed by atoms with Gasteiger partial charge in [0.15, 0.2) is 0 Å². The first-order valence-electron chi connectivity index (χ1n) is 6.90. The Morgan fingerprint density at radius 2 is 2.05 bits per heavy atom. The number of nitrogen functional groups attached to an aromatic ring is 1.